The lowest BCUT2D eigenvalue weighted by molar-refractivity contribution is 0.0892. The van der Waals surface area contributed by atoms with E-state index in [1.54, 1.807) is 12.3 Å². The lowest BCUT2D eigenvalue weighted by atomic mass is 9.76. The third kappa shape index (κ3) is 5.13. The van der Waals surface area contributed by atoms with Gasteiger partial charge in [-0.05, 0) is 65.8 Å². The maximum Gasteiger partial charge on any atom is 0.267 e. The Balaban J connectivity index is 2.07. The minimum atomic E-state index is -1.07. The fraction of sp³-hybridized carbons (Fsp3) is 0.419. The van der Waals surface area contributed by atoms with Gasteiger partial charge in [-0.1, -0.05) is 12.1 Å². The fourth-order valence-electron chi connectivity index (χ4n) is 5.46. The Kier molecular flexibility index (Phi) is 8.97. The van der Waals surface area contributed by atoms with E-state index < -0.39 is 5.54 Å². The zero-order chi connectivity index (χ0) is 28.0. The normalized spacial score (nSPS) is 13.8. The number of rotatable bonds is 12. The predicted molar refractivity (Wildman–Crippen MR) is 157 cm³/mol. The predicted octanol–water partition coefficient (Wildman–Crippen LogP) is 5.11. The molecule has 0 spiro atoms. The summed E-state index contributed by atoms with van der Waals surface area (Å²) in [6.45, 7) is 17.0. The van der Waals surface area contributed by atoms with Crippen LogP contribution < -0.4 is 30.1 Å². The average Bonchev–Trinajstić information content (AvgIpc) is 2.96. The van der Waals surface area contributed by atoms with Crippen molar-refractivity contribution in [1.82, 2.24) is 15.8 Å². The number of carbonyl (C=O) groups excluding carboxylic acids is 1. The first kappa shape index (κ1) is 28.2. The van der Waals surface area contributed by atoms with Crippen LogP contribution in [0.1, 0.15) is 68.7 Å². The molecule has 1 aliphatic heterocycles. The molecular formula is C31H41N5O3. The van der Waals surface area contributed by atoms with Gasteiger partial charge in [-0.25, -0.2) is 5.43 Å². The first-order valence-electron chi connectivity index (χ1n) is 14.1. The maximum absolute atomic E-state index is 13.0. The van der Waals surface area contributed by atoms with Crippen LogP contribution in [0.4, 0.5) is 11.4 Å². The molecule has 0 bridgehead atoms. The number of ether oxygens (including phenoxy) is 2. The number of aromatic nitrogens is 1. The number of hydrazine groups is 1. The Labute approximate surface area is 232 Å². The highest BCUT2D eigenvalue weighted by Gasteiger charge is 2.47. The van der Waals surface area contributed by atoms with Gasteiger partial charge in [-0.2, -0.15) is 0 Å². The molecule has 1 aromatic heterocycles. The molecule has 4 rings (SSSR count). The topological polar surface area (TPSA) is 79.0 Å². The van der Waals surface area contributed by atoms with Gasteiger partial charge in [0.2, 0.25) is 0 Å². The Morgan fingerprint density at radius 1 is 0.769 bits per heavy atom. The van der Waals surface area contributed by atoms with Gasteiger partial charge < -0.3 is 19.3 Å². The monoisotopic (exact) mass is 531 g/mol. The van der Waals surface area contributed by atoms with Crippen molar-refractivity contribution in [3.05, 3.63) is 77.1 Å². The largest absolute Gasteiger partial charge is 0.493 e. The summed E-state index contributed by atoms with van der Waals surface area (Å²) >= 11 is 0. The van der Waals surface area contributed by atoms with Crippen LogP contribution in [-0.2, 0) is 5.54 Å². The molecule has 8 nitrogen and oxygen atoms in total. The number of anilines is 2. The Morgan fingerprint density at radius 3 is 1.74 bits per heavy atom. The molecule has 1 amide bonds. The number of benzene rings is 2. The van der Waals surface area contributed by atoms with Crippen LogP contribution in [-0.4, -0.2) is 50.3 Å². The molecule has 0 aliphatic carbocycles. The highest BCUT2D eigenvalue weighted by atomic mass is 16.5. The third-order valence-corrected chi connectivity index (χ3v) is 7.37. The number of amides is 1. The second kappa shape index (κ2) is 12.4. The van der Waals surface area contributed by atoms with Crippen LogP contribution in [0.5, 0.6) is 11.5 Å². The summed E-state index contributed by atoms with van der Waals surface area (Å²) in [5.41, 5.74) is 10.2. The molecule has 1 aliphatic rings. The summed E-state index contributed by atoms with van der Waals surface area (Å²) in [5, 5.41) is 0. The second-order valence-electron chi connectivity index (χ2n) is 9.30. The third-order valence-electron chi connectivity index (χ3n) is 7.37. The molecule has 0 unspecified atom stereocenters. The molecule has 0 atom stereocenters. The summed E-state index contributed by atoms with van der Waals surface area (Å²) < 4.78 is 12.6. The highest BCUT2D eigenvalue weighted by Crippen LogP contribution is 2.47. The zero-order valence-corrected chi connectivity index (χ0v) is 24.0. The highest BCUT2D eigenvalue weighted by molar-refractivity contribution is 5.97. The van der Waals surface area contributed by atoms with Crippen LogP contribution in [0, 0.1) is 0 Å². The van der Waals surface area contributed by atoms with Crippen molar-refractivity contribution in [2.24, 2.45) is 0 Å². The quantitative estimate of drug-likeness (QED) is 0.336. The Morgan fingerprint density at radius 2 is 1.28 bits per heavy atom. The summed E-state index contributed by atoms with van der Waals surface area (Å²) in [7, 11) is 0. The first-order chi connectivity index (χ1) is 19.0. The number of hydrogen-bond donors (Lipinski definition) is 2. The van der Waals surface area contributed by atoms with Gasteiger partial charge in [0.05, 0.1) is 24.5 Å². The lowest BCUT2D eigenvalue weighted by Gasteiger charge is -2.41. The average molecular weight is 532 g/mol. The number of nitrogens with zero attached hydrogens (tertiary/aromatic N) is 3. The molecule has 8 heteroatoms. The minimum Gasteiger partial charge on any atom is -0.493 e. The van der Waals surface area contributed by atoms with E-state index in [9.17, 15) is 4.79 Å². The van der Waals surface area contributed by atoms with Crippen molar-refractivity contribution >= 4 is 17.3 Å². The zero-order valence-electron chi connectivity index (χ0n) is 24.0. The van der Waals surface area contributed by atoms with Crippen molar-refractivity contribution in [2.45, 2.75) is 47.1 Å². The smallest absolute Gasteiger partial charge is 0.267 e. The molecule has 0 saturated heterocycles. The van der Waals surface area contributed by atoms with E-state index in [0.717, 1.165) is 60.2 Å². The molecule has 0 radical (unpaired) electrons. The number of hydrogen-bond acceptors (Lipinski definition) is 7. The van der Waals surface area contributed by atoms with E-state index in [1.807, 2.05) is 19.9 Å². The molecule has 3 aromatic rings. The van der Waals surface area contributed by atoms with E-state index in [-0.39, 0.29) is 5.91 Å². The summed E-state index contributed by atoms with van der Waals surface area (Å²) in [5.74, 6) is 1.21. The molecule has 0 fully saturated rings. The molecule has 39 heavy (non-hydrogen) atoms. The minimum absolute atomic E-state index is 0.232. The van der Waals surface area contributed by atoms with E-state index in [4.69, 9.17) is 14.5 Å². The van der Waals surface area contributed by atoms with Gasteiger partial charge in [0.15, 0.2) is 0 Å². The van der Waals surface area contributed by atoms with Crippen LogP contribution in [0.2, 0.25) is 0 Å². The van der Waals surface area contributed by atoms with Gasteiger partial charge in [-0.3, -0.25) is 15.2 Å². The van der Waals surface area contributed by atoms with Crippen molar-refractivity contribution in [1.29, 1.82) is 0 Å². The Bertz CT molecular complexity index is 1220. The number of nitrogens with one attached hydrogen (secondary N) is 2. The van der Waals surface area contributed by atoms with Gasteiger partial charge >= 0.3 is 0 Å². The fourth-order valence-corrected chi connectivity index (χ4v) is 5.46. The van der Waals surface area contributed by atoms with Crippen molar-refractivity contribution in [3.63, 3.8) is 0 Å². The number of carbonyl (C=O) groups is 1. The summed E-state index contributed by atoms with van der Waals surface area (Å²) in [6.07, 6.45) is 1.73. The Hall–Kier alpha value is -3.78. The molecule has 2 aromatic carbocycles. The van der Waals surface area contributed by atoms with Gasteiger partial charge in [-0.15, -0.1) is 0 Å². The van der Waals surface area contributed by atoms with Gasteiger partial charge in [0.25, 0.3) is 5.91 Å². The van der Waals surface area contributed by atoms with E-state index in [1.165, 1.54) is 0 Å². The lowest BCUT2D eigenvalue weighted by Crippen LogP contribution is -2.58. The van der Waals surface area contributed by atoms with Crippen molar-refractivity contribution in [2.75, 3.05) is 49.2 Å². The molecule has 208 valence electrons. The van der Waals surface area contributed by atoms with Crippen LogP contribution >= 0.6 is 0 Å². The molecular weight excluding hydrogens is 490 g/mol. The molecule has 2 N–H and O–H groups in total. The van der Waals surface area contributed by atoms with E-state index in [2.05, 4.69) is 84.7 Å². The van der Waals surface area contributed by atoms with Gasteiger partial charge in [0, 0.05) is 67.0 Å². The molecule has 2 heterocycles. The van der Waals surface area contributed by atoms with Crippen LogP contribution in [0.25, 0.3) is 0 Å². The summed E-state index contributed by atoms with van der Waals surface area (Å²) in [4.78, 5) is 22.4. The standard InChI is InChI=1S/C31H41N5O3/c1-7-35(8-2)22-15-17-25(27(20-22)38-11-5)31(29-24(14-13-19-32-29)30(37)33-34-31)26-18-16-23(36(9-3)10-4)21-28(26)39-12-6/h13-21,34H,7-12H2,1-6H3,(H,33,37). The van der Waals surface area contributed by atoms with Crippen LogP contribution in [0.15, 0.2) is 54.7 Å². The van der Waals surface area contributed by atoms with Gasteiger partial charge in [0.1, 0.15) is 17.0 Å². The van der Waals surface area contributed by atoms with E-state index >= 15 is 0 Å². The van der Waals surface area contributed by atoms with E-state index in [0.29, 0.717) is 24.5 Å². The molecule has 0 saturated carbocycles. The second-order valence-corrected chi connectivity index (χ2v) is 9.30. The first-order valence-corrected chi connectivity index (χ1v) is 14.1. The summed E-state index contributed by atoms with van der Waals surface area (Å²) in [6, 6.07) is 16.1. The van der Waals surface area contributed by atoms with Crippen molar-refractivity contribution in [3.8, 4) is 11.5 Å². The number of fused-ring (bicyclic) bond motifs is 1. The SMILES string of the molecule is CCOc1cc(N(CC)CC)ccc1C1(c2ccc(N(CC)CC)cc2OCC)NNC(=O)c2cccnc21. The number of pyridine rings is 1. The maximum atomic E-state index is 13.0. The van der Waals surface area contributed by atoms with Crippen LogP contribution in [0.3, 0.4) is 0 Å². The van der Waals surface area contributed by atoms with Crippen molar-refractivity contribution < 1.29 is 14.3 Å².